The van der Waals surface area contributed by atoms with Crippen molar-refractivity contribution >= 4 is 5.97 Å². The van der Waals surface area contributed by atoms with Crippen LogP contribution < -0.4 is 0 Å². The largest absolute Gasteiger partial charge is 0.433 e. The number of carbonyl (C=O) groups is 1. The highest BCUT2D eigenvalue weighted by molar-refractivity contribution is 5.72. The summed E-state index contributed by atoms with van der Waals surface area (Å²) in [6.07, 6.45) is 5.40. The van der Waals surface area contributed by atoms with Crippen molar-refractivity contribution in [2.24, 2.45) is 17.8 Å². The van der Waals surface area contributed by atoms with E-state index in [2.05, 4.69) is 20.8 Å². The minimum Gasteiger partial charge on any atom is -0.433 e. The molecular formula is C18H30O4. The van der Waals surface area contributed by atoms with E-state index in [1.807, 2.05) is 6.92 Å². The summed E-state index contributed by atoms with van der Waals surface area (Å²) in [5, 5.41) is 0. The summed E-state index contributed by atoms with van der Waals surface area (Å²) >= 11 is 0. The lowest BCUT2D eigenvalue weighted by Gasteiger charge is -2.54. The van der Waals surface area contributed by atoms with Gasteiger partial charge in [0.25, 0.3) is 0 Å². The van der Waals surface area contributed by atoms with E-state index in [1.165, 1.54) is 6.42 Å². The zero-order valence-corrected chi connectivity index (χ0v) is 14.4. The third kappa shape index (κ3) is 2.80. The second-order valence-corrected chi connectivity index (χ2v) is 8.12. The molecule has 0 amide bonds. The molecule has 2 heterocycles. The van der Waals surface area contributed by atoms with E-state index in [-0.39, 0.29) is 18.0 Å². The standard InChI is InChI=1S/C18H30O4/c1-12(2)14-8-7-13(3)10-18(14)21-16(19)11-17(4,22-18)15-6-5-9-20-15/h12-15H,5-11H2,1-4H3/t13-,14+,15+,17+,18+/m1/s1. The third-order valence-corrected chi connectivity index (χ3v) is 5.77. The molecule has 1 saturated carbocycles. The Morgan fingerprint density at radius 1 is 1.23 bits per heavy atom. The lowest BCUT2D eigenvalue weighted by molar-refractivity contribution is -0.352. The van der Waals surface area contributed by atoms with Gasteiger partial charge in [0.15, 0.2) is 0 Å². The molecule has 2 aliphatic heterocycles. The molecule has 126 valence electrons. The van der Waals surface area contributed by atoms with Gasteiger partial charge in [0.1, 0.15) is 5.60 Å². The van der Waals surface area contributed by atoms with Gasteiger partial charge >= 0.3 is 5.97 Å². The highest BCUT2D eigenvalue weighted by Crippen LogP contribution is 2.50. The molecule has 3 rings (SSSR count). The molecule has 3 fully saturated rings. The summed E-state index contributed by atoms with van der Waals surface area (Å²) < 4.78 is 18.4. The first-order chi connectivity index (χ1) is 10.3. The van der Waals surface area contributed by atoms with E-state index >= 15 is 0 Å². The number of esters is 1. The van der Waals surface area contributed by atoms with Gasteiger partial charge < -0.3 is 14.2 Å². The summed E-state index contributed by atoms with van der Waals surface area (Å²) in [4.78, 5) is 12.4. The zero-order valence-electron chi connectivity index (χ0n) is 14.4. The highest BCUT2D eigenvalue weighted by atomic mass is 16.7. The van der Waals surface area contributed by atoms with Crippen LogP contribution in [0.2, 0.25) is 0 Å². The fourth-order valence-corrected chi connectivity index (χ4v) is 4.70. The Bertz CT molecular complexity index is 429. The minimum atomic E-state index is -0.748. The molecule has 3 aliphatic rings. The molecule has 0 bridgehead atoms. The SMILES string of the molecule is CC(C)[C@@H]1CC[C@@H](C)C[C@@]12OC(=O)C[C@@](C)([C@@H]1CCCO1)O2. The van der Waals surface area contributed by atoms with E-state index in [4.69, 9.17) is 14.2 Å². The Hall–Kier alpha value is -0.610. The van der Waals surface area contributed by atoms with Crippen LogP contribution in [0.1, 0.15) is 66.2 Å². The van der Waals surface area contributed by atoms with E-state index in [0.29, 0.717) is 18.3 Å². The summed E-state index contributed by atoms with van der Waals surface area (Å²) in [5.41, 5.74) is -0.546. The molecule has 2 saturated heterocycles. The lowest BCUT2D eigenvalue weighted by atomic mass is 9.71. The molecule has 22 heavy (non-hydrogen) atoms. The van der Waals surface area contributed by atoms with Crippen LogP contribution in [-0.2, 0) is 19.0 Å². The lowest BCUT2D eigenvalue weighted by Crippen LogP contribution is -2.62. The molecule has 1 aliphatic carbocycles. The molecule has 0 aromatic carbocycles. The summed E-state index contributed by atoms with van der Waals surface area (Å²) in [5.74, 6) is 0.362. The van der Waals surface area contributed by atoms with Gasteiger partial charge in [0.2, 0.25) is 5.79 Å². The van der Waals surface area contributed by atoms with Gasteiger partial charge in [-0.1, -0.05) is 20.8 Å². The second-order valence-electron chi connectivity index (χ2n) is 8.12. The van der Waals surface area contributed by atoms with E-state index in [9.17, 15) is 4.79 Å². The highest BCUT2D eigenvalue weighted by Gasteiger charge is 2.58. The number of ether oxygens (including phenoxy) is 3. The smallest absolute Gasteiger partial charge is 0.311 e. The first kappa shape index (κ1) is 16.3. The first-order valence-electron chi connectivity index (χ1n) is 8.88. The normalized spacial score (nSPS) is 46.2. The fourth-order valence-electron chi connectivity index (χ4n) is 4.70. The average Bonchev–Trinajstić information content (AvgIpc) is 2.90. The molecule has 1 spiro atoms. The van der Waals surface area contributed by atoms with Crippen LogP contribution in [0.25, 0.3) is 0 Å². The maximum Gasteiger partial charge on any atom is 0.311 e. The Balaban J connectivity index is 1.91. The Morgan fingerprint density at radius 3 is 2.64 bits per heavy atom. The molecule has 0 unspecified atom stereocenters. The molecule has 0 N–H and O–H groups in total. The molecule has 4 heteroatoms. The monoisotopic (exact) mass is 310 g/mol. The van der Waals surface area contributed by atoms with Gasteiger partial charge in [0.05, 0.1) is 12.5 Å². The van der Waals surface area contributed by atoms with E-state index < -0.39 is 11.4 Å². The number of carbonyl (C=O) groups excluding carboxylic acids is 1. The van der Waals surface area contributed by atoms with Crippen LogP contribution in [0.15, 0.2) is 0 Å². The van der Waals surface area contributed by atoms with Crippen LogP contribution >= 0.6 is 0 Å². The fraction of sp³-hybridized carbons (Fsp3) is 0.944. The van der Waals surface area contributed by atoms with E-state index in [0.717, 1.165) is 32.3 Å². The third-order valence-electron chi connectivity index (χ3n) is 5.77. The Labute approximate surface area is 133 Å². The van der Waals surface area contributed by atoms with Crippen molar-refractivity contribution < 1.29 is 19.0 Å². The number of hydrogen-bond acceptors (Lipinski definition) is 4. The van der Waals surface area contributed by atoms with Gasteiger partial charge in [-0.25, -0.2) is 0 Å². The topological polar surface area (TPSA) is 44.8 Å². The van der Waals surface area contributed by atoms with Crippen molar-refractivity contribution in [2.45, 2.75) is 83.7 Å². The van der Waals surface area contributed by atoms with Crippen molar-refractivity contribution in [3.8, 4) is 0 Å². The zero-order chi connectivity index (χ0) is 16.0. The van der Waals surface area contributed by atoms with Crippen molar-refractivity contribution in [3.05, 3.63) is 0 Å². The van der Waals surface area contributed by atoms with Crippen LogP contribution in [0, 0.1) is 17.8 Å². The second kappa shape index (κ2) is 5.79. The van der Waals surface area contributed by atoms with Gasteiger partial charge in [0, 0.05) is 18.9 Å². The molecular weight excluding hydrogens is 280 g/mol. The van der Waals surface area contributed by atoms with Crippen molar-refractivity contribution in [2.75, 3.05) is 6.61 Å². The van der Waals surface area contributed by atoms with Gasteiger partial charge in [-0.15, -0.1) is 0 Å². The summed E-state index contributed by atoms with van der Waals surface area (Å²) in [7, 11) is 0. The van der Waals surface area contributed by atoms with Crippen LogP contribution in [0.4, 0.5) is 0 Å². The van der Waals surface area contributed by atoms with E-state index in [1.54, 1.807) is 0 Å². The van der Waals surface area contributed by atoms with Gasteiger partial charge in [-0.3, -0.25) is 4.79 Å². The summed E-state index contributed by atoms with van der Waals surface area (Å²) in [6.45, 7) is 9.46. The Morgan fingerprint density at radius 2 is 2.00 bits per heavy atom. The minimum absolute atomic E-state index is 0.0160. The average molecular weight is 310 g/mol. The van der Waals surface area contributed by atoms with Gasteiger partial charge in [-0.05, 0) is 44.4 Å². The summed E-state index contributed by atoms with van der Waals surface area (Å²) in [6, 6.07) is 0. The maximum absolute atomic E-state index is 12.4. The van der Waals surface area contributed by atoms with Crippen LogP contribution in [-0.4, -0.2) is 30.1 Å². The molecule has 0 radical (unpaired) electrons. The quantitative estimate of drug-likeness (QED) is 0.730. The predicted molar refractivity (Wildman–Crippen MR) is 83.2 cm³/mol. The van der Waals surface area contributed by atoms with Crippen LogP contribution in [0.3, 0.4) is 0 Å². The molecule has 0 aromatic rings. The predicted octanol–water partition coefficient (Wildman–Crippen LogP) is 3.68. The Kier molecular flexibility index (Phi) is 4.28. The first-order valence-corrected chi connectivity index (χ1v) is 8.88. The number of rotatable bonds is 2. The van der Waals surface area contributed by atoms with Crippen molar-refractivity contribution in [1.29, 1.82) is 0 Å². The number of hydrogen-bond donors (Lipinski definition) is 0. The molecule has 5 atom stereocenters. The maximum atomic E-state index is 12.4. The van der Waals surface area contributed by atoms with Crippen LogP contribution in [0.5, 0.6) is 0 Å². The van der Waals surface area contributed by atoms with Crippen molar-refractivity contribution in [1.82, 2.24) is 0 Å². The molecule has 0 aromatic heterocycles. The molecule has 4 nitrogen and oxygen atoms in total. The van der Waals surface area contributed by atoms with Crippen molar-refractivity contribution in [3.63, 3.8) is 0 Å². The van der Waals surface area contributed by atoms with Gasteiger partial charge in [-0.2, -0.15) is 0 Å².